The number of hydrogen-bond donors (Lipinski definition) is 0. The molecule has 1 aliphatic heterocycles. The van der Waals surface area contributed by atoms with Crippen LogP contribution in [0.5, 0.6) is 0 Å². The predicted octanol–water partition coefficient (Wildman–Crippen LogP) is 4.37. The van der Waals surface area contributed by atoms with Gasteiger partial charge in [-0.15, -0.1) is 12.4 Å². The van der Waals surface area contributed by atoms with Gasteiger partial charge in [0.1, 0.15) is 5.78 Å². The fourth-order valence-corrected chi connectivity index (χ4v) is 4.71. The van der Waals surface area contributed by atoms with Crippen LogP contribution >= 0.6 is 12.4 Å². The molecule has 1 saturated heterocycles. The molecule has 0 aromatic heterocycles. The van der Waals surface area contributed by atoms with E-state index in [1.807, 2.05) is 0 Å². The van der Waals surface area contributed by atoms with Crippen LogP contribution in [0.15, 0.2) is 0 Å². The molecule has 23 heavy (non-hydrogen) atoms. The Morgan fingerprint density at radius 2 is 1.74 bits per heavy atom. The van der Waals surface area contributed by atoms with E-state index in [0.29, 0.717) is 24.5 Å². The summed E-state index contributed by atoms with van der Waals surface area (Å²) in [5, 5.41) is 0. The molecule has 134 valence electrons. The minimum atomic E-state index is 0. The second-order valence-electron chi connectivity index (χ2n) is 7.67. The van der Waals surface area contributed by atoms with E-state index >= 15 is 0 Å². The summed E-state index contributed by atoms with van der Waals surface area (Å²) in [6, 6.07) is 0.509. The highest BCUT2D eigenvalue weighted by molar-refractivity contribution is 5.85. The van der Waals surface area contributed by atoms with Gasteiger partial charge in [0.15, 0.2) is 0 Å². The molecule has 2 atom stereocenters. The lowest BCUT2D eigenvalue weighted by atomic mass is 9.86. The van der Waals surface area contributed by atoms with Crippen molar-refractivity contribution in [3.8, 4) is 0 Å². The number of carbonyl (C=O) groups excluding carboxylic acids is 1. The van der Waals surface area contributed by atoms with Crippen LogP contribution in [-0.2, 0) is 9.53 Å². The molecule has 0 radical (unpaired) electrons. The first-order chi connectivity index (χ1) is 10.8. The molecule has 0 aromatic rings. The quantitative estimate of drug-likeness (QED) is 0.670. The SMILES string of the molecule is Cl.O=C1CCN([C@@H]2CCCCC2OCCCC2CCCCC2)C1. The summed E-state index contributed by atoms with van der Waals surface area (Å²) in [7, 11) is 0. The summed E-state index contributed by atoms with van der Waals surface area (Å²) in [5.74, 6) is 1.39. The Balaban J connectivity index is 0.00000192. The lowest BCUT2D eigenvalue weighted by molar-refractivity contribution is -0.117. The van der Waals surface area contributed by atoms with Crippen LogP contribution in [0.3, 0.4) is 0 Å². The highest BCUT2D eigenvalue weighted by Crippen LogP contribution is 2.29. The predicted molar refractivity (Wildman–Crippen MR) is 96.3 cm³/mol. The third-order valence-electron chi connectivity index (χ3n) is 6.01. The van der Waals surface area contributed by atoms with E-state index in [-0.39, 0.29) is 12.4 Å². The lowest BCUT2D eigenvalue weighted by Crippen LogP contribution is -2.45. The molecule has 1 unspecified atom stereocenters. The fraction of sp³-hybridized carbons (Fsp3) is 0.947. The highest BCUT2D eigenvalue weighted by atomic mass is 35.5. The maximum absolute atomic E-state index is 11.6. The van der Waals surface area contributed by atoms with Crippen molar-refractivity contribution in [3.05, 3.63) is 0 Å². The highest BCUT2D eigenvalue weighted by Gasteiger charge is 2.34. The Bertz CT molecular complexity index is 357. The molecule has 3 fully saturated rings. The van der Waals surface area contributed by atoms with Gasteiger partial charge in [-0.05, 0) is 31.6 Å². The second kappa shape index (κ2) is 10.0. The average Bonchev–Trinajstić information content (AvgIpc) is 2.99. The van der Waals surface area contributed by atoms with Crippen LogP contribution in [-0.4, -0.2) is 42.5 Å². The lowest BCUT2D eigenvalue weighted by Gasteiger charge is -2.37. The second-order valence-corrected chi connectivity index (χ2v) is 7.67. The Kier molecular flexibility index (Phi) is 8.35. The van der Waals surface area contributed by atoms with Gasteiger partial charge in [-0.3, -0.25) is 9.69 Å². The van der Waals surface area contributed by atoms with Crippen LogP contribution in [0.2, 0.25) is 0 Å². The largest absolute Gasteiger partial charge is 0.377 e. The van der Waals surface area contributed by atoms with E-state index in [1.54, 1.807) is 0 Å². The van der Waals surface area contributed by atoms with Crippen molar-refractivity contribution in [1.29, 1.82) is 0 Å². The monoisotopic (exact) mass is 343 g/mol. The molecule has 3 aliphatic rings. The van der Waals surface area contributed by atoms with Crippen LogP contribution in [0, 0.1) is 5.92 Å². The third kappa shape index (κ3) is 5.72. The number of rotatable bonds is 6. The van der Waals surface area contributed by atoms with Crippen LogP contribution in [0.4, 0.5) is 0 Å². The summed E-state index contributed by atoms with van der Waals surface area (Å²) in [6.07, 6.45) is 16.0. The first-order valence-corrected chi connectivity index (χ1v) is 9.70. The molecule has 0 aromatic carbocycles. The van der Waals surface area contributed by atoms with Gasteiger partial charge in [-0.2, -0.15) is 0 Å². The molecule has 0 bridgehead atoms. The molecule has 1 heterocycles. The molecule has 0 N–H and O–H groups in total. The van der Waals surface area contributed by atoms with Crippen molar-refractivity contribution in [2.45, 2.75) is 89.2 Å². The van der Waals surface area contributed by atoms with E-state index in [4.69, 9.17) is 4.74 Å². The van der Waals surface area contributed by atoms with Crippen LogP contribution in [0.25, 0.3) is 0 Å². The number of carbonyl (C=O) groups is 1. The maximum atomic E-state index is 11.6. The van der Waals surface area contributed by atoms with Crippen molar-refractivity contribution < 1.29 is 9.53 Å². The van der Waals surface area contributed by atoms with Crippen molar-refractivity contribution in [2.24, 2.45) is 5.92 Å². The summed E-state index contributed by atoms with van der Waals surface area (Å²) >= 11 is 0. The summed E-state index contributed by atoms with van der Waals surface area (Å²) in [5.41, 5.74) is 0. The van der Waals surface area contributed by atoms with E-state index in [1.165, 1.54) is 70.6 Å². The van der Waals surface area contributed by atoms with Crippen molar-refractivity contribution in [2.75, 3.05) is 19.7 Å². The van der Waals surface area contributed by atoms with Gasteiger partial charge < -0.3 is 4.74 Å². The third-order valence-corrected chi connectivity index (χ3v) is 6.01. The normalized spacial score (nSPS) is 30.3. The fourth-order valence-electron chi connectivity index (χ4n) is 4.71. The standard InChI is InChI=1S/C19H33NO2.ClH/c21-17-12-13-20(15-17)18-10-4-5-11-19(18)22-14-6-9-16-7-2-1-3-8-16;/h16,18-19H,1-15H2;1H/t18-,19?;/m1./s1. The molecule has 3 rings (SSSR count). The van der Waals surface area contributed by atoms with Gasteiger partial charge in [-0.1, -0.05) is 44.9 Å². The Labute approximate surface area is 147 Å². The Hall–Kier alpha value is -0.120. The number of nitrogens with zero attached hydrogens (tertiary/aromatic N) is 1. The van der Waals surface area contributed by atoms with Crippen molar-refractivity contribution in [1.82, 2.24) is 4.90 Å². The molecule has 2 aliphatic carbocycles. The number of likely N-dealkylation sites (tertiary alicyclic amines) is 1. The zero-order valence-corrected chi connectivity index (χ0v) is 15.3. The van der Waals surface area contributed by atoms with Gasteiger partial charge in [0.05, 0.1) is 12.6 Å². The van der Waals surface area contributed by atoms with Gasteiger partial charge in [-0.25, -0.2) is 0 Å². The van der Waals surface area contributed by atoms with Gasteiger partial charge >= 0.3 is 0 Å². The number of hydrogen-bond acceptors (Lipinski definition) is 3. The molecule has 0 amide bonds. The minimum Gasteiger partial charge on any atom is -0.377 e. The number of ketones is 1. The Morgan fingerprint density at radius 1 is 1.00 bits per heavy atom. The molecule has 2 saturated carbocycles. The van der Waals surface area contributed by atoms with Crippen molar-refractivity contribution in [3.63, 3.8) is 0 Å². The van der Waals surface area contributed by atoms with Crippen LogP contribution < -0.4 is 0 Å². The number of halogens is 1. The number of ether oxygens (including phenoxy) is 1. The van der Waals surface area contributed by atoms with Gasteiger partial charge in [0, 0.05) is 25.6 Å². The molecule has 3 nitrogen and oxygen atoms in total. The van der Waals surface area contributed by atoms with Crippen molar-refractivity contribution >= 4 is 18.2 Å². The van der Waals surface area contributed by atoms with Gasteiger partial charge in [0.2, 0.25) is 0 Å². The maximum Gasteiger partial charge on any atom is 0.148 e. The molecule has 0 spiro atoms. The van der Waals surface area contributed by atoms with E-state index in [0.717, 1.165) is 25.5 Å². The first kappa shape index (κ1) is 19.2. The summed E-state index contributed by atoms with van der Waals surface area (Å²) in [4.78, 5) is 14.0. The summed E-state index contributed by atoms with van der Waals surface area (Å²) < 4.78 is 6.28. The van der Waals surface area contributed by atoms with E-state index in [2.05, 4.69) is 4.90 Å². The first-order valence-electron chi connectivity index (χ1n) is 9.70. The Morgan fingerprint density at radius 3 is 2.48 bits per heavy atom. The van der Waals surface area contributed by atoms with E-state index in [9.17, 15) is 4.79 Å². The molecular weight excluding hydrogens is 310 g/mol. The average molecular weight is 344 g/mol. The molecular formula is C19H34ClNO2. The van der Waals surface area contributed by atoms with E-state index < -0.39 is 0 Å². The smallest absolute Gasteiger partial charge is 0.148 e. The summed E-state index contributed by atoms with van der Waals surface area (Å²) in [6.45, 7) is 2.57. The molecule has 4 heteroatoms. The zero-order valence-electron chi connectivity index (χ0n) is 14.5. The number of Topliss-reactive ketones (excluding diaryl/α,β-unsaturated/α-hetero) is 1. The van der Waals surface area contributed by atoms with Gasteiger partial charge in [0.25, 0.3) is 0 Å². The minimum absolute atomic E-state index is 0. The van der Waals surface area contributed by atoms with Crippen LogP contribution in [0.1, 0.15) is 77.0 Å². The zero-order chi connectivity index (χ0) is 15.2. The topological polar surface area (TPSA) is 29.5 Å².